The number of piperidine rings is 1. The maximum absolute atomic E-state index is 12.6. The maximum Gasteiger partial charge on any atom is 0.166 e. The van der Waals surface area contributed by atoms with E-state index in [1.807, 2.05) is 24.3 Å². The maximum atomic E-state index is 12.6. The van der Waals surface area contributed by atoms with Crippen molar-refractivity contribution in [2.24, 2.45) is 11.8 Å². The summed E-state index contributed by atoms with van der Waals surface area (Å²) in [6.07, 6.45) is 4.01. The summed E-state index contributed by atoms with van der Waals surface area (Å²) in [4.78, 5) is 12.6. The van der Waals surface area contributed by atoms with E-state index in [-0.39, 0.29) is 5.78 Å². The molecule has 2 rings (SSSR count). The van der Waals surface area contributed by atoms with Crippen molar-refractivity contribution in [1.29, 1.82) is 0 Å². The van der Waals surface area contributed by atoms with Crippen LogP contribution in [0, 0.1) is 11.8 Å². The Morgan fingerprint density at radius 2 is 2.24 bits per heavy atom. The van der Waals surface area contributed by atoms with Gasteiger partial charge in [-0.25, -0.2) is 0 Å². The third-order valence-corrected chi connectivity index (χ3v) is 4.30. The molecule has 21 heavy (non-hydrogen) atoms. The fraction of sp³-hybridized carbons (Fsp3) is 0.611. The largest absolute Gasteiger partial charge is 0.493 e. The number of nitrogens with one attached hydrogen (secondary N) is 1. The van der Waals surface area contributed by atoms with Gasteiger partial charge in [0, 0.05) is 6.42 Å². The molecule has 0 bridgehead atoms. The average Bonchev–Trinajstić information content (AvgIpc) is 2.54. The first-order valence-electron chi connectivity index (χ1n) is 8.18. The SMILES string of the molecule is CCCOc1ccccc1C(=O)CC(C)C1CCCNC1. The number of rotatable bonds is 7. The van der Waals surface area contributed by atoms with E-state index in [1.165, 1.54) is 12.8 Å². The quantitative estimate of drug-likeness (QED) is 0.778. The van der Waals surface area contributed by atoms with Gasteiger partial charge in [0.05, 0.1) is 12.2 Å². The molecule has 1 fully saturated rings. The molecule has 116 valence electrons. The number of ether oxygens (including phenoxy) is 1. The number of Topliss-reactive ketones (excluding diaryl/α,β-unsaturated/α-hetero) is 1. The zero-order valence-corrected chi connectivity index (χ0v) is 13.2. The van der Waals surface area contributed by atoms with E-state index in [2.05, 4.69) is 19.2 Å². The van der Waals surface area contributed by atoms with Crippen molar-refractivity contribution < 1.29 is 9.53 Å². The van der Waals surface area contributed by atoms with Gasteiger partial charge in [-0.1, -0.05) is 26.0 Å². The fourth-order valence-corrected chi connectivity index (χ4v) is 2.97. The summed E-state index contributed by atoms with van der Waals surface area (Å²) >= 11 is 0. The summed E-state index contributed by atoms with van der Waals surface area (Å²) in [5.41, 5.74) is 0.738. The molecule has 0 radical (unpaired) electrons. The first-order chi connectivity index (χ1) is 10.2. The van der Waals surface area contributed by atoms with E-state index in [4.69, 9.17) is 4.74 Å². The smallest absolute Gasteiger partial charge is 0.166 e. The fourth-order valence-electron chi connectivity index (χ4n) is 2.97. The van der Waals surface area contributed by atoms with Gasteiger partial charge < -0.3 is 10.1 Å². The Hall–Kier alpha value is -1.35. The van der Waals surface area contributed by atoms with Gasteiger partial charge in [0.15, 0.2) is 5.78 Å². The second-order valence-corrected chi connectivity index (χ2v) is 6.06. The second kappa shape index (κ2) is 8.18. The van der Waals surface area contributed by atoms with Crippen LogP contribution in [0.2, 0.25) is 0 Å². The van der Waals surface area contributed by atoms with Crippen LogP contribution in [0.25, 0.3) is 0 Å². The number of hydrogen-bond acceptors (Lipinski definition) is 3. The van der Waals surface area contributed by atoms with Crippen molar-refractivity contribution in [3.63, 3.8) is 0 Å². The summed E-state index contributed by atoms with van der Waals surface area (Å²) in [5, 5.41) is 3.43. The molecule has 1 heterocycles. The number of carbonyl (C=O) groups is 1. The monoisotopic (exact) mass is 289 g/mol. The van der Waals surface area contributed by atoms with Gasteiger partial charge in [0.2, 0.25) is 0 Å². The minimum absolute atomic E-state index is 0.208. The minimum atomic E-state index is 0.208. The van der Waals surface area contributed by atoms with Gasteiger partial charge >= 0.3 is 0 Å². The molecule has 1 saturated heterocycles. The standard InChI is InChI=1S/C18H27NO2/c1-3-11-21-18-9-5-4-8-16(18)17(20)12-14(2)15-7-6-10-19-13-15/h4-5,8-9,14-15,19H,3,6-7,10-13H2,1-2H3. The van der Waals surface area contributed by atoms with Crippen LogP contribution < -0.4 is 10.1 Å². The van der Waals surface area contributed by atoms with E-state index in [1.54, 1.807) is 0 Å². The predicted octanol–water partition coefficient (Wildman–Crippen LogP) is 3.68. The molecule has 3 heteroatoms. The minimum Gasteiger partial charge on any atom is -0.493 e. The van der Waals surface area contributed by atoms with E-state index >= 15 is 0 Å². The Labute approximate surface area is 128 Å². The molecule has 0 amide bonds. The number of benzene rings is 1. The molecular formula is C18H27NO2. The molecule has 3 nitrogen and oxygen atoms in total. The molecule has 1 aromatic carbocycles. The van der Waals surface area contributed by atoms with E-state index in [0.29, 0.717) is 24.9 Å². The van der Waals surface area contributed by atoms with Gasteiger partial charge in [-0.05, 0) is 56.3 Å². The number of ketones is 1. The van der Waals surface area contributed by atoms with Crippen molar-refractivity contribution in [3.8, 4) is 5.75 Å². The Kier molecular flexibility index (Phi) is 6.24. The van der Waals surface area contributed by atoms with Gasteiger partial charge in [-0.3, -0.25) is 4.79 Å². The molecule has 1 aromatic rings. The normalized spacial score (nSPS) is 20.0. The predicted molar refractivity (Wildman–Crippen MR) is 85.9 cm³/mol. The van der Waals surface area contributed by atoms with Gasteiger partial charge in [-0.2, -0.15) is 0 Å². The topological polar surface area (TPSA) is 38.3 Å². The molecule has 1 aliphatic rings. The van der Waals surface area contributed by atoms with E-state index < -0.39 is 0 Å². The lowest BCUT2D eigenvalue weighted by atomic mass is 9.83. The summed E-state index contributed by atoms with van der Waals surface area (Å²) in [6, 6.07) is 7.63. The van der Waals surface area contributed by atoms with Crippen LogP contribution in [0.1, 0.15) is 49.9 Å². The summed E-state index contributed by atoms with van der Waals surface area (Å²) < 4.78 is 5.70. The molecule has 1 N–H and O–H groups in total. The molecule has 2 atom stereocenters. The second-order valence-electron chi connectivity index (χ2n) is 6.06. The molecule has 1 aliphatic heterocycles. The highest BCUT2D eigenvalue weighted by Gasteiger charge is 2.23. The molecule has 0 saturated carbocycles. The summed E-state index contributed by atoms with van der Waals surface area (Å²) in [5.74, 6) is 1.98. The van der Waals surface area contributed by atoms with Crippen molar-refractivity contribution in [2.75, 3.05) is 19.7 Å². The first kappa shape index (κ1) is 16.0. The van der Waals surface area contributed by atoms with Gasteiger partial charge in [0.1, 0.15) is 5.75 Å². The summed E-state index contributed by atoms with van der Waals surface area (Å²) in [7, 11) is 0. The summed E-state index contributed by atoms with van der Waals surface area (Å²) in [6.45, 7) is 7.09. The van der Waals surface area contributed by atoms with Crippen LogP contribution in [0.15, 0.2) is 24.3 Å². The molecule has 0 aliphatic carbocycles. The Morgan fingerprint density at radius 3 is 2.95 bits per heavy atom. The Morgan fingerprint density at radius 1 is 1.43 bits per heavy atom. The molecule has 0 aromatic heterocycles. The van der Waals surface area contributed by atoms with Crippen LogP contribution in [0.3, 0.4) is 0 Å². The third kappa shape index (κ3) is 4.57. The van der Waals surface area contributed by atoms with Gasteiger partial charge in [-0.15, -0.1) is 0 Å². The highest BCUT2D eigenvalue weighted by molar-refractivity contribution is 5.98. The third-order valence-electron chi connectivity index (χ3n) is 4.30. The van der Waals surface area contributed by atoms with Crippen LogP contribution in [0.4, 0.5) is 0 Å². The van der Waals surface area contributed by atoms with Crippen LogP contribution in [-0.2, 0) is 0 Å². The van der Waals surface area contributed by atoms with Crippen molar-refractivity contribution >= 4 is 5.78 Å². The highest BCUT2D eigenvalue weighted by Crippen LogP contribution is 2.27. The lowest BCUT2D eigenvalue weighted by Gasteiger charge is -2.28. The molecular weight excluding hydrogens is 262 g/mol. The van der Waals surface area contributed by atoms with Crippen molar-refractivity contribution in [3.05, 3.63) is 29.8 Å². The van der Waals surface area contributed by atoms with E-state index in [9.17, 15) is 4.79 Å². The molecule has 2 unspecified atom stereocenters. The van der Waals surface area contributed by atoms with Crippen molar-refractivity contribution in [2.45, 2.75) is 39.5 Å². The van der Waals surface area contributed by atoms with Crippen molar-refractivity contribution in [1.82, 2.24) is 5.32 Å². The lowest BCUT2D eigenvalue weighted by molar-refractivity contribution is 0.0939. The molecule has 0 spiro atoms. The highest BCUT2D eigenvalue weighted by atomic mass is 16.5. The zero-order chi connectivity index (χ0) is 15.1. The van der Waals surface area contributed by atoms with Gasteiger partial charge in [0.25, 0.3) is 0 Å². The number of carbonyl (C=O) groups excluding carboxylic acids is 1. The Bertz CT molecular complexity index is 452. The van der Waals surface area contributed by atoms with Crippen LogP contribution >= 0.6 is 0 Å². The lowest BCUT2D eigenvalue weighted by Crippen LogP contribution is -2.34. The zero-order valence-electron chi connectivity index (χ0n) is 13.2. The first-order valence-corrected chi connectivity index (χ1v) is 8.18. The van der Waals surface area contributed by atoms with Crippen LogP contribution in [-0.4, -0.2) is 25.5 Å². The average molecular weight is 289 g/mol. The van der Waals surface area contributed by atoms with E-state index in [0.717, 1.165) is 30.8 Å². The Balaban J connectivity index is 1.98. The number of hydrogen-bond donors (Lipinski definition) is 1. The number of para-hydroxylation sites is 1. The van der Waals surface area contributed by atoms with Crippen LogP contribution in [0.5, 0.6) is 5.75 Å².